The quantitative estimate of drug-likeness (QED) is 0.729. The molecule has 2 aliphatic rings. The molecule has 0 spiro atoms. The second-order valence-electron chi connectivity index (χ2n) is 8.57. The zero-order valence-corrected chi connectivity index (χ0v) is 17.6. The van der Waals surface area contributed by atoms with Crippen molar-refractivity contribution < 1.29 is 0 Å². The van der Waals surface area contributed by atoms with E-state index in [-0.39, 0.29) is 5.56 Å². The molecule has 4 nitrogen and oxygen atoms in total. The Balaban J connectivity index is 1.58. The maximum atomic E-state index is 12.7. The van der Waals surface area contributed by atoms with Crippen LogP contribution in [-0.2, 0) is 6.54 Å². The number of benzene rings is 1. The van der Waals surface area contributed by atoms with Crippen LogP contribution in [0.2, 0.25) is 0 Å². The summed E-state index contributed by atoms with van der Waals surface area (Å²) in [5.41, 5.74) is 2.90. The zero-order chi connectivity index (χ0) is 19.5. The van der Waals surface area contributed by atoms with Gasteiger partial charge in [-0.05, 0) is 68.4 Å². The Morgan fingerprint density at radius 3 is 2.57 bits per heavy atom. The summed E-state index contributed by atoms with van der Waals surface area (Å²) >= 11 is 5.85. The number of aromatic nitrogens is 1. The summed E-state index contributed by atoms with van der Waals surface area (Å²) in [5, 5.41) is 5.55. The molecule has 1 aromatic carbocycles. The molecular formula is C23H31N3OS. The third kappa shape index (κ3) is 4.40. The summed E-state index contributed by atoms with van der Waals surface area (Å²) < 4.78 is 0. The lowest BCUT2D eigenvalue weighted by Gasteiger charge is -2.34. The molecule has 5 heteroatoms. The van der Waals surface area contributed by atoms with Crippen LogP contribution in [0.3, 0.4) is 0 Å². The van der Waals surface area contributed by atoms with Gasteiger partial charge in [-0.15, -0.1) is 0 Å². The van der Waals surface area contributed by atoms with Crippen LogP contribution in [0.5, 0.6) is 0 Å². The lowest BCUT2D eigenvalue weighted by molar-refractivity contribution is 0.292. The molecule has 2 aliphatic carbocycles. The standard InChI is InChI=1S/C23H31N3OS/c1-16-11-12-21-17(13-16)14-18(22(27)25-21)15-26(20-9-5-6-10-20)23(28)24-19-7-3-2-4-8-19/h11-14,19-20H,2-10,15H2,1H3,(H,24,28)(H,25,27). The maximum Gasteiger partial charge on any atom is 0.253 e. The van der Waals surface area contributed by atoms with Crippen LogP contribution >= 0.6 is 12.2 Å². The largest absolute Gasteiger partial charge is 0.360 e. The van der Waals surface area contributed by atoms with E-state index in [4.69, 9.17) is 12.2 Å². The Bertz CT molecular complexity index is 894. The van der Waals surface area contributed by atoms with Gasteiger partial charge >= 0.3 is 0 Å². The summed E-state index contributed by atoms with van der Waals surface area (Å²) in [6, 6.07) is 9.13. The molecule has 0 radical (unpaired) electrons. The number of pyridine rings is 1. The summed E-state index contributed by atoms with van der Waals surface area (Å²) in [6.45, 7) is 2.67. The van der Waals surface area contributed by atoms with Gasteiger partial charge in [0.25, 0.3) is 5.56 Å². The van der Waals surface area contributed by atoms with Crippen LogP contribution in [-0.4, -0.2) is 27.1 Å². The minimum absolute atomic E-state index is 0.000170. The summed E-state index contributed by atoms with van der Waals surface area (Å²) in [5.74, 6) is 0. The van der Waals surface area contributed by atoms with Gasteiger partial charge in [0.05, 0.1) is 6.54 Å². The highest BCUT2D eigenvalue weighted by molar-refractivity contribution is 7.80. The molecule has 2 saturated carbocycles. The van der Waals surface area contributed by atoms with E-state index in [0.717, 1.165) is 34.4 Å². The predicted molar refractivity (Wildman–Crippen MR) is 120 cm³/mol. The predicted octanol–water partition coefficient (Wildman–Crippen LogP) is 4.79. The maximum absolute atomic E-state index is 12.7. The Morgan fingerprint density at radius 2 is 1.82 bits per heavy atom. The molecular weight excluding hydrogens is 366 g/mol. The highest BCUT2D eigenvalue weighted by Crippen LogP contribution is 2.26. The minimum atomic E-state index is -0.000170. The number of hydrogen-bond donors (Lipinski definition) is 2. The fourth-order valence-electron chi connectivity index (χ4n) is 4.76. The second-order valence-corrected chi connectivity index (χ2v) is 8.95. The molecule has 28 heavy (non-hydrogen) atoms. The van der Waals surface area contributed by atoms with Gasteiger partial charge < -0.3 is 15.2 Å². The average Bonchev–Trinajstić information content (AvgIpc) is 3.21. The zero-order valence-electron chi connectivity index (χ0n) is 16.8. The van der Waals surface area contributed by atoms with E-state index in [0.29, 0.717) is 18.6 Å². The first-order valence-corrected chi connectivity index (χ1v) is 11.2. The van der Waals surface area contributed by atoms with Crippen LogP contribution in [0, 0.1) is 6.92 Å². The van der Waals surface area contributed by atoms with Crippen molar-refractivity contribution in [3.63, 3.8) is 0 Å². The van der Waals surface area contributed by atoms with Gasteiger partial charge in [0.2, 0.25) is 0 Å². The van der Waals surface area contributed by atoms with Crippen molar-refractivity contribution in [1.29, 1.82) is 0 Å². The third-order valence-electron chi connectivity index (χ3n) is 6.38. The average molecular weight is 398 g/mol. The number of nitrogens with one attached hydrogen (secondary N) is 2. The van der Waals surface area contributed by atoms with Crippen molar-refractivity contribution in [2.24, 2.45) is 0 Å². The van der Waals surface area contributed by atoms with E-state index in [2.05, 4.69) is 28.2 Å². The molecule has 150 valence electrons. The number of nitrogens with zero attached hydrogens (tertiary/aromatic N) is 1. The first kappa shape index (κ1) is 19.4. The normalized spacial score (nSPS) is 18.5. The van der Waals surface area contributed by atoms with Crippen molar-refractivity contribution >= 4 is 28.2 Å². The van der Waals surface area contributed by atoms with Crippen molar-refractivity contribution in [1.82, 2.24) is 15.2 Å². The van der Waals surface area contributed by atoms with Gasteiger partial charge in [0.1, 0.15) is 0 Å². The fourth-order valence-corrected chi connectivity index (χ4v) is 5.14. The molecule has 0 amide bonds. The monoisotopic (exact) mass is 397 g/mol. The van der Waals surface area contributed by atoms with Crippen molar-refractivity contribution in [3.05, 3.63) is 45.7 Å². The lowest BCUT2D eigenvalue weighted by atomic mass is 9.96. The second kappa shape index (κ2) is 8.64. The SMILES string of the molecule is Cc1ccc2[nH]c(=O)c(CN(C(=S)NC3CCCCC3)C3CCCC3)cc2c1. The summed E-state index contributed by atoms with van der Waals surface area (Å²) in [6.07, 6.45) is 11.1. The number of aryl methyl sites for hydroxylation is 1. The first-order chi connectivity index (χ1) is 13.6. The lowest BCUT2D eigenvalue weighted by Crippen LogP contribution is -2.49. The van der Waals surface area contributed by atoms with Crippen molar-refractivity contribution in [2.45, 2.75) is 83.3 Å². The van der Waals surface area contributed by atoms with Crippen LogP contribution < -0.4 is 10.9 Å². The fraction of sp³-hybridized carbons (Fsp3) is 0.565. The van der Waals surface area contributed by atoms with E-state index < -0.39 is 0 Å². The molecule has 0 atom stereocenters. The molecule has 2 aromatic rings. The number of fused-ring (bicyclic) bond motifs is 1. The smallest absolute Gasteiger partial charge is 0.253 e. The van der Waals surface area contributed by atoms with Crippen LogP contribution in [0.1, 0.15) is 68.9 Å². The van der Waals surface area contributed by atoms with Gasteiger partial charge in [0.15, 0.2) is 5.11 Å². The van der Waals surface area contributed by atoms with E-state index in [1.165, 1.54) is 50.5 Å². The van der Waals surface area contributed by atoms with Crippen LogP contribution in [0.4, 0.5) is 0 Å². The van der Waals surface area contributed by atoms with E-state index in [1.54, 1.807) is 0 Å². The molecule has 0 bridgehead atoms. The van der Waals surface area contributed by atoms with Gasteiger partial charge in [0, 0.05) is 23.2 Å². The molecule has 1 aromatic heterocycles. The molecule has 1 heterocycles. The van der Waals surface area contributed by atoms with Gasteiger partial charge in [-0.25, -0.2) is 0 Å². The van der Waals surface area contributed by atoms with E-state index in [9.17, 15) is 4.79 Å². The van der Waals surface area contributed by atoms with Crippen molar-refractivity contribution in [3.8, 4) is 0 Å². The van der Waals surface area contributed by atoms with Crippen molar-refractivity contribution in [2.75, 3.05) is 0 Å². The molecule has 2 N–H and O–H groups in total. The number of thiocarbonyl (C=S) groups is 1. The summed E-state index contributed by atoms with van der Waals surface area (Å²) in [7, 11) is 0. The first-order valence-electron chi connectivity index (χ1n) is 10.8. The number of aromatic amines is 1. The highest BCUT2D eigenvalue weighted by atomic mass is 32.1. The molecule has 2 fully saturated rings. The molecule has 4 rings (SSSR count). The van der Waals surface area contributed by atoms with Gasteiger partial charge in [-0.3, -0.25) is 4.79 Å². The minimum Gasteiger partial charge on any atom is -0.360 e. The molecule has 0 aliphatic heterocycles. The van der Waals surface area contributed by atoms with Crippen LogP contribution in [0.15, 0.2) is 29.1 Å². The molecule has 0 unspecified atom stereocenters. The Kier molecular flexibility index (Phi) is 6.00. The highest BCUT2D eigenvalue weighted by Gasteiger charge is 2.27. The topological polar surface area (TPSA) is 48.1 Å². The summed E-state index contributed by atoms with van der Waals surface area (Å²) in [4.78, 5) is 18.1. The Labute approximate surface area is 172 Å². The Morgan fingerprint density at radius 1 is 1.11 bits per heavy atom. The number of rotatable bonds is 4. The van der Waals surface area contributed by atoms with E-state index in [1.807, 2.05) is 18.2 Å². The number of H-pyrrole nitrogens is 1. The van der Waals surface area contributed by atoms with Gasteiger partial charge in [-0.2, -0.15) is 0 Å². The van der Waals surface area contributed by atoms with Crippen LogP contribution in [0.25, 0.3) is 10.9 Å². The Hall–Kier alpha value is -1.88. The molecule has 0 saturated heterocycles. The third-order valence-corrected chi connectivity index (χ3v) is 6.73. The van der Waals surface area contributed by atoms with E-state index >= 15 is 0 Å². The number of hydrogen-bond acceptors (Lipinski definition) is 2. The van der Waals surface area contributed by atoms with Gasteiger partial charge in [-0.1, -0.05) is 43.7 Å².